The Hall–Kier alpha value is -3.94. The van der Waals surface area contributed by atoms with E-state index < -0.39 is 46.3 Å². The first-order chi connectivity index (χ1) is 14.6. The van der Waals surface area contributed by atoms with Crippen LogP contribution in [0.2, 0.25) is 0 Å². The van der Waals surface area contributed by atoms with Crippen LogP contribution in [-0.4, -0.2) is 47.2 Å². The van der Waals surface area contributed by atoms with Gasteiger partial charge in [-0.25, -0.2) is 4.79 Å². The second-order valence-corrected chi connectivity index (χ2v) is 7.08. The van der Waals surface area contributed by atoms with Crippen molar-refractivity contribution in [2.24, 2.45) is 5.41 Å². The molecule has 1 aromatic rings. The summed E-state index contributed by atoms with van der Waals surface area (Å²) in [6.07, 6.45) is 1.20. The molecule has 0 saturated heterocycles. The van der Waals surface area contributed by atoms with Gasteiger partial charge in [-0.15, -0.1) is 0 Å². The first kappa shape index (κ1) is 23.3. The third kappa shape index (κ3) is 3.79. The van der Waals surface area contributed by atoms with Gasteiger partial charge in [-0.05, 0) is 19.4 Å². The zero-order chi connectivity index (χ0) is 23.4. The van der Waals surface area contributed by atoms with Gasteiger partial charge in [0.15, 0.2) is 5.54 Å². The number of non-ortho nitro benzene ring substituents is 1. The summed E-state index contributed by atoms with van der Waals surface area (Å²) in [5.41, 5.74) is -4.58. The molecule has 3 atom stereocenters. The van der Waals surface area contributed by atoms with Crippen LogP contribution >= 0.6 is 0 Å². The standard InChI is InChI=1S/C20H21N3O8/c1-12-10-15(13-6-4-7-14(11-13)23(28)29)20(16(24)25,18(27)31-9-5-8-21)19(2,22-12)17(26)30-3/h4,6-7,10-11,15,22H,5,9H2,1-3H3,(H,24,25). The van der Waals surface area contributed by atoms with E-state index in [1.54, 1.807) is 13.0 Å². The van der Waals surface area contributed by atoms with Crippen LogP contribution in [0, 0.1) is 26.9 Å². The number of nitro groups is 1. The first-order valence-corrected chi connectivity index (χ1v) is 9.13. The van der Waals surface area contributed by atoms with Crippen LogP contribution in [0.3, 0.4) is 0 Å². The molecular formula is C20H21N3O8. The predicted molar refractivity (Wildman–Crippen MR) is 104 cm³/mol. The molecule has 11 heteroatoms. The number of nitro benzene ring substituents is 1. The van der Waals surface area contributed by atoms with E-state index in [1.165, 1.54) is 31.2 Å². The highest BCUT2D eigenvalue weighted by Crippen LogP contribution is 2.51. The number of hydrogen-bond acceptors (Lipinski definition) is 9. The van der Waals surface area contributed by atoms with Crippen LogP contribution in [-0.2, 0) is 23.9 Å². The summed E-state index contributed by atoms with van der Waals surface area (Å²) in [6, 6.07) is 6.90. The minimum atomic E-state index is -2.59. The molecule has 2 N–H and O–H groups in total. The van der Waals surface area contributed by atoms with Crippen molar-refractivity contribution in [1.29, 1.82) is 5.26 Å². The summed E-state index contributed by atoms with van der Waals surface area (Å²) < 4.78 is 9.90. The minimum absolute atomic E-state index is 0.116. The molecule has 1 aromatic carbocycles. The monoisotopic (exact) mass is 431 g/mol. The Kier molecular flexibility index (Phi) is 6.65. The van der Waals surface area contributed by atoms with E-state index in [4.69, 9.17) is 14.7 Å². The van der Waals surface area contributed by atoms with Crippen molar-refractivity contribution in [2.45, 2.75) is 31.7 Å². The highest BCUT2D eigenvalue weighted by molar-refractivity contribution is 6.08. The van der Waals surface area contributed by atoms with E-state index in [1.807, 2.05) is 0 Å². The summed E-state index contributed by atoms with van der Waals surface area (Å²) in [5, 5.41) is 33.0. The Morgan fingerprint density at radius 1 is 1.35 bits per heavy atom. The molecule has 31 heavy (non-hydrogen) atoms. The Morgan fingerprint density at radius 2 is 2.03 bits per heavy atom. The molecule has 0 saturated carbocycles. The fraction of sp³-hybridized carbons (Fsp3) is 0.400. The molecule has 0 fully saturated rings. The molecule has 3 unspecified atom stereocenters. The second kappa shape index (κ2) is 8.83. The van der Waals surface area contributed by atoms with Gasteiger partial charge in [-0.1, -0.05) is 18.2 Å². The smallest absolute Gasteiger partial charge is 0.333 e. The van der Waals surface area contributed by atoms with Crippen molar-refractivity contribution in [3.05, 3.63) is 51.7 Å². The normalized spacial score (nSPS) is 24.7. The third-order valence-corrected chi connectivity index (χ3v) is 5.26. The fourth-order valence-electron chi connectivity index (χ4n) is 3.88. The molecule has 1 aliphatic rings. The van der Waals surface area contributed by atoms with Crippen LogP contribution in [0.1, 0.15) is 31.7 Å². The number of rotatable bonds is 7. The Morgan fingerprint density at radius 3 is 2.58 bits per heavy atom. The van der Waals surface area contributed by atoms with Gasteiger partial charge >= 0.3 is 17.9 Å². The number of carboxylic acids is 1. The molecule has 2 rings (SSSR count). The van der Waals surface area contributed by atoms with Gasteiger partial charge in [0.05, 0.1) is 24.5 Å². The second-order valence-electron chi connectivity index (χ2n) is 7.08. The summed E-state index contributed by atoms with van der Waals surface area (Å²) >= 11 is 0. The lowest BCUT2D eigenvalue weighted by molar-refractivity contribution is -0.384. The van der Waals surface area contributed by atoms with E-state index >= 15 is 0 Å². The number of methoxy groups -OCH3 is 1. The number of carboxylic acid groups (broad SMARTS) is 1. The highest BCUT2D eigenvalue weighted by atomic mass is 16.6. The molecule has 11 nitrogen and oxygen atoms in total. The number of ether oxygens (including phenoxy) is 2. The van der Waals surface area contributed by atoms with Crippen LogP contribution in [0.15, 0.2) is 36.0 Å². The molecule has 0 aromatic heterocycles. The largest absolute Gasteiger partial charge is 0.480 e. The maximum atomic E-state index is 13.3. The molecule has 164 valence electrons. The predicted octanol–water partition coefficient (Wildman–Crippen LogP) is 1.64. The average Bonchev–Trinajstić information content (AvgIpc) is 2.72. The number of allylic oxidation sites excluding steroid dienone is 2. The van der Waals surface area contributed by atoms with E-state index in [-0.39, 0.29) is 17.7 Å². The maximum absolute atomic E-state index is 13.3. The lowest BCUT2D eigenvalue weighted by Crippen LogP contribution is -2.71. The Balaban J connectivity index is 2.85. The number of benzene rings is 1. The number of nitrogens with zero attached hydrogens (tertiary/aromatic N) is 2. The summed E-state index contributed by atoms with van der Waals surface area (Å²) in [6.45, 7) is 2.35. The van der Waals surface area contributed by atoms with Crippen LogP contribution < -0.4 is 5.32 Å². The zero-order valence-electron chi connectivity index (χ0n) is 17.1. The minimum Gasteiger partial charge on any atom is -0.480 e. The molecule has 1 aliphatic heterocycles. The van der Waals surface area contributed by atoms with Gasteiger partial charge in [0.2, 0.25) is 5.41 Å². The summed E-state index contributed by atoms with van der Waals surface area (Å²) in [5.74, 6) is -5.36. The molecular weight excluding hydrogens is 410 g/mol. The molecule has 1 heterocycles. The molecule has 0 amide bonds. The third-order valence-electron chi connectivity index (χ3n) is 5.26. The molecule has 0 aliphatic carbocycles. The zero-order valence-corrected chi connectivity index (χ0v) is 17.1. The SMILES string of the molecule is COC(=O)C1(C)NC(C)=CC(c2cccc([N+](=O)[O-])c2)C1(C(=O)O)C(=O)OCCC#N. The Labute approximate surface area is 177 Å². The number of hydrogen-bond donors (Lipinski definition) is 2. The van der Waals surface area contributed by atoms with Crippen LogP contribution in [0.25, 0.3) is 0 Å². The molecule has 0 radical (unpaired) electrons. The number of nitriles is 1. The van der Waals surface area contributed by atoms with Crippen molar-refractivity contribution >= 4 is 23.6 Å². The highest BCUT2D eigenvalue weighted by Gasteiger charge is 2.71. The van der Waals surface area contributed by atoms with Crippen molar-refractivity contribution in [3.8, 4) is 6.07 Å². The first-order valence-electron chi connectivity index (χ1n) is 9.13. The van der Waals surface area contributed by atoms with E-state index in [9.17, 15) is 29.6 Å². The summed E-state index contributed by atoms with van der Waals surface area (Å²) in [4.78, 5) is 49.4. The Bertz CT molecular complexity index is 998. The van der Waals surface area contributed by atoms with Crippen molar-refractivity contribution < 1.29 is 33.9 Å². The van der Waals surface area contributed by atoms with E-state index in [0.717, 1.165) is 13.2 Å². The van der Waals surface area contributed by atoms with Gasteiger partial charge in [-0.2, -0.15) is 5.26 Å². The number of carbonyl (C=O) groups is 3. The number of esters is 2. The van der Waals surface area contributed by atoms with Crippen molar-refractivity contribution in [3.63, 3.8) is 0 Å². The number of aliphatic carboxylic acids is 1. The average molecular weight is 431 g/mol. The topological polar surface area (TPSA) is 169 Å². The van der Waals surface area contributed by atoms with Gasteiger partial charge < -0.3 is 19.9 Å². The molecule has 0 spiro atoms. The summed E-state index contributed by atoms with van der Waals surface area (Å²) in [7, 11) is 1.04. The van der Waals surface area contributed by atoms with Gasteiger partial charge in [0.1, 0.15) is 6.61 Å². The van der Waals surface area contributed by atoms with Crippen molar-refractivity contribution in [1.82, 2.24) is 5.32 Å². The van der Waals surface area contributed by atoms with Gasteiger partial charge in [0.25, 0.3) is 5.69 Å². The number of carbonyl (C=O) groups excluding carboxylic acids is 2. The fourth-order valence-corrected chi connectivity index (χ4v) is 3.88. The van der Waals surface area contributed by atoms with Gasteiger partial charge in [0, 0.05) is 23.7 Å². The van der Waals surface area contributed by atoms with E-state index in [0.29, 0.717) is 5.70 Å². The van der Waals surface area contributed by atoms with Crippen LogP contribution in [0.5, 0.6) is 0 Å². The van der Waals surface area contributed by atoms with Gasteiger partial charge in [-0.3, -0.25) is 19.7 Å². The quantitative estimate of drug-likeness (QED) is 0.213. The molecule has 0 bridgehead atoms. The lowest BCUT2D eigenvalue weighted by atomic mass is 9.58. The maximum Gasteiger partial charge on any atom is 0.333 e. The number of nitrogens with one attached hydrogen (secondary N) is 1. The van der Waals surface area contributed by atoms with Crippen LogP contribution in [0.4, 0.5) is 5.69 Å². The lowest BCUT2D eigenvalue weighted by Gasteiger charge is -2.48. The van der Waals surface area contributed by atoms with Crippen molar-refractivity contribution in [2.75, 3.05) is 13.7 Å². The van der Waals surface area contributed by atoms with E-state index in [2.05, 4.69) is 5.32 Å².